The lowest BCUT2D eigenvalue weighted by atomic mass is 10.1. The van der Waals surface area contributed by atoms with Gasteiger partial charge in [0.1, 0.15) is 11.7 Å². The summed E-state index contributed by atoms with van der Waals surface area (Å²) in [7, 11) is 1.11. The van der Waals surface area contributed by atoms with E-state index in [1.165, 1.54) is 0 Å². The number of primary amides is 1. The fraction of sp³-hybridized carbons (Fsp3) is 0.538. The summed E-state index contributed by atoms with van der Waals surface area (Å²) < 4.78 is 54.5. The van der Waals surface area contributed by atoms with Gasteiger partial charge in [0.25, 0.3) is 5.91 Å². The first kappa shape index (κ1) is 16.3. The molecule has 2 N–H and O–H groups in total. The van der Waals surface area contributed by atoms with Gasteiger partial charge in [0.05, 0.1) is 20.3 Å². The van der Waals surface area contributed by atoms with E-state index in [0.717, 1.165) is 13.2 Å². The lowest BCUT2D eigenvalue weighted by Crippen LogP contribution is -2.27. The zero-order chi connectivity index (χ0) is 16.3. The van der Waals surface area contributed by atoms with E-state index in [4.69, 9.17) is 19.9 Å². The molecule has 0 aromatic carbocycles. The zero-order valence-electron chi connectivity index (χ0n) is 11.8. The molecule has 1 amide bonds. The first-order valence-corrected chi connectivity index (χ1v) is 6.53. The van der Waals surface area contributed by atoms with Crippen LogP contribution >= 0.6 is 0 Å². The topological polar surface area (TPSA) is 83.7 Å². The second-order valence-corrected chi connectivity index (χ2v) is 4.68. The van der Waals surface area contributed by atoms with Crippen LogP contribution in [0.4, 0.5) is 13.2 Å². The van der Waals surface area contributed by atoms with Crippen LogP contribution in [0.5, 0.6) is 11.6 Å². The molecule has 6 nitrogen and oxygen atoms in total. The number of halogens is 3. The maximum atomic E-state index is 13.1. The summed E-state index contributed by atoms with van der Waals surface area (Å²) in [6.45, 7) is 0.802. The van der Waals surface area contributed by atoms with Crippen molar-refractivity contribution >= 4 is 5.91 Å². The summed E-state index contributed by atoms with van der Waals surface area (Å²) in [4.78, 5) is 14.7. The van der Waals surface area contributed by atoms with Gasteiger partial charge in [-0.25, -0.2) is 4.98 Å². The van der Waals surface area contributed by atoms with Crippen molar-refractivity contribution in [1.82, 2.24) is 4.98 Å². The minimum atomic E-state index is -4.75. The smallest absolute Gasteiger partial charge is 0.437 e. The molecule has 122 valence electrons. The predicted octanol–water partition coefficient (Wildman–Crippen LogP) is 1.77. The minimum absolute atomic E-state index is 0.266. The molecule has 1 aliphatic rings. The van der Waals surface area contributed by atoms with Gasteiger partial charge >= 0.3 is 6.18 Å². The summed E-state index contributed by atoms with van der Waals surface area (Å²) in [5.41, 5.74) is 3.62. The summed E-state index contributed by atoms with van der Waals surface area (Å²) in [5, 5.41) is 0. The number of carbonyl (C=O) groups excluding carboxylic acids is 1. The first-order valence-electron chi connectivity index (χ1n) is 6.53. The van der Waals surface area contributed by atoms with Crippen LogP contribution < -0.4 is 15.2 Å². The van der Waals surface area contributed by atoms with Crippen LogP contribution in [0.15, 0.2) is 6.07 Å². The van der Waals surface area contributed by atoms with Crippen molar-refractivity contribution in [2.75, 3.05) is 20.3 Å². The van der Waals surface area contributed by atoms with Crippen molar-refractivity contribution in [3.8, 4) is 11.6 Å². The third-order valence-electron chi connectivity index (χ3n) is 3.14. The molecule has 1 aromatic heterocycles. The monoisotopic (exact) mass is 320 g/mol. The van der Waals surface area contributed by atoms with Crippen molar-refractivity contribution in [1.29, 1.82) is 0 Å². The van der Waals surface area contributed by atoms with Crippen molar-refractivity contribution < 1.29 is 32.2 Å². The molecule has 2 rings (SSSR count). The van der Waals surface area contributed by atoms with E-state index in [2.05, 4.69) is 4.98 Å². The van der Waals surface area contributed by atoms with E-state index < -0.39 is 35.5 Å². The van der Waals surface area contributed by atoms with Crippen LogP contribution in [0.3, 0.4) is 0 Å². The Bertz CT molecular complexity index is 557. The number of aromatic nitrogens is 1. The van der Waals surface area contributed by atoms with Crippen molar-refractivity contribution in [3.63, 3.8) is 0 Å². The van der Waals surface area contributed by atoms with Gasteiger partial charge in [0.15, 0.2) is 11.4 Å². The number of carbonyl (C=O) groups is 1. The lowest BCUT2D eigenvalue weighted by Gasteiger charge is -2.25. The van der Waals surface area contributed by atoms with E-state index >= 15 is 0 Å². The normalized spacial score (nSPS) is 16.4. The SMILES string of the molecule is COc1nc(C(F)(F)F)c(OC2CCOCC2)cc1C(N)=O. The minimum Gasteiger partial charge on any atom is -0.488 e. The van der Waals surface area contributed by atoms with Gasteiger partial charge in [-0.3, -0.25) is 4.79 Å². The highest BCUT2D eigenvalue weighted by Gasteiger charge is 2.39. The number of hydrogen-bond acceptors (Lipinski definition) is 5. The predicted molar refractivity (Wildman–Crippen MR) is 68.8 cm³/mol. The number of nitrogens with zero attached hydrogens (tertiary/aromatic N) is 1. The first-order chi connectivity index (χ1) is 10.3. The molecule has 0 saturated carbocycles. The molecule has 1 saturated heterocycles. The quantitative estimate of drug-likeness (QED) is 0.914. The number of methoxy groups -OCH3 is 1. The van der Waals surface area contributed by atoms with Gasteiger partial charge in [-0.2, -0.15) is 13.2 Å². The number of rotatable bonds is 4. The van der Waals surface area contributed by atoms with E-state index in [1.54, 1.807) is 0 Å². The number of nitrogens with two attached hydrogens (primary N) is 1. The van der Waals surface area contributed by atoms with Crippen LogP contribution in [0.25, 0.3) is 0 Å². The fourth-order valence-corrected chi connectivity index (χ4v) is 2.08. The third-order valence-corrected chi connectivity index (χ3v) is 3.14. The van der Waals surface area contributed by atoms with Crippen LogP contribution in [0.1, 0.15) is 28.9 Å². The molecule has 1 aromatic rings. The molecule has 0 unspecified atom stereocenters. The number of hydrogen-bond donors (Lipinski definition) is 1. The molecule has 0 atom stereocenters. The molecule has 0 bridgehead atoms. The molecule has 2 heterocycles. The highest BCUT2D eigenvalue weighted by atomic mass is 19.4. The van der Waals surface area contributed by atoms with E-state index in [0.29, 0.717) is 26.1 Å². The maximum Gasteiger partial charge on any atom is 0.437 e. The van der Waals surface area contributed by atoms with Gasteiger partial charge in [-0.1, -0.05) is 0 Å². The van der Waals surface area contributed by atoms with Crippen LogP contribution in [-0.2, 0) is 10.9 Å². The Hall–Kier alpha value is -2.03. The number of ether oxygens (including phenoxy) is 3. The summed E-state index contributed by atoms with van der Waals surface area (Å²) in [6, 6.07) is 0.923. The van der Waals surface area contributed by atoms with Crippen LogP contribution in [0.2, 0.25) is 0 Å². The number of amides is 1. The molecule has 0 spiro atoms. The second kappa shape index (κ2) is 6.39. The van der Waals surface area contributed by atoms with E-state index in [-0.39, 0.29) is 5.56 Å². The average molecular weight is 320 g/mol. The summed E-state index contributed by atoms with van der Waals surface area (Å²) in [5.74, 6) is -1.97. The lowest BCUT2D eigenvalue weighted by molar-refractivity contribution is -0.143. The molecule has 9 heteroatoms. The molecular weight excluding hydrogens is 305 g/mol. The van der Waals surface area contributed by atoms with Gasteiger partial charge in [0, 0.05) is 18.9 Å². The van der Waals surface area contributed by atoms with Crippen molar-refractivity contribution in [2.45, 2.75) is 25.1 Å². The van der Waals surface area contributed by atoms with Crippen molar-refractivity contribution in [3.05, 3.63) is 17.3 Å². The zero-order valence-corrected chi connectivity index (χ0v) is 11.8. The van der Waals surface area contributed by atoms with Gasteiger partial charge < -0.3 is 19.9 Å². The maximum absolute atomic E-state index is 13.1. The average Bonchev–Trinajstić information content (AvgIpc) is 2.46. The Morgan fingerprint density at radius 3 is 2.55 bits per heavy atom. The second-order valence-electron chi connectivity index (χ2n) is 4.68. The molecule has 22 heavy (non-hydrogen) atoms. The van der Waals surface area contributed by atoms with Crippen molar-refractivity contribution in [2.24, 2.45) is 5.73 Å². The molecule has 1 fully saturated rings. The molecular formula is C13H15F3N2O4. The van der Waals surface area contributed by atoms with Gasteiger partial charge in [0.2, 0.25) is 5.88 Å². The largest absolute Gasteiger partial charge is 0.488 e. The van der Waals surface area contributed by atoms with Gasteiger partial charge in [-0.05, 0) is 0 Å². The highest BCUT2D eigenvalue weighted by molar-refractivity contribution is 5.95. The van der Waals surface area contributed by atoms with E-state index in [9.17, 15) is 18.0 Å². The van der Waals surface area contributed by atoms with Crippen LogP contribution in [0, 0.1) is 0 Å². The van der Waals surface area contributed by atoms with Crippen LogP contribution in [-0.4, -0.2) is 37.3 Å². The molecule has 1 aliphatic heterocycles. The number of alkyl halides is 3. The Morgan fingerprint density at radius 1 is 1.41 bits per heavy atom. The Balaban J connectivity index is 2.43. The van der Waals surface area contributed by atoms with E-state index in [1.807, 2.05) is 0 Å². The highest BCUT2D eigenvalue weighted by Crippen LogP contribution is 2.38. The standard InChI is InChI=1S/C13H15F3N2O4/c1-20-12-8(11(17)19)6-9(10(18-12)13(14,15)16)22-7-2-4-21-5-3-7/h6-7H,2-5H2,1H3,(H2,17,19). The molecule has 0 radical (unpaired) electrons. The Labute approximate surface area is 124 Å². The molecule has 0 aliphatic carbocycles. The third kappa shape index (κ3) is 3.59. The summed E-state index contributed by atoms with van der Waals surface area (Å²) >= 11 is 0. The summed E-state index contributed by atoms with van der Waals surface area (Å²) in [6.07, 6.45) is -4.28. The van der Waals surface area contributed by atoms with Gasteiger partial charge in [-0.15, -0.1) is 0 Å². The Kier molecular flexibility index (Phi) is 4.74. The Morgan fingerprint density at radius 2 is 2.05 bits per heavy atom. The fourth-order valence-electron chi connectivity index (χ4n) is 2.08. The number of pyridine rings is 1.